The highest BCUT2D eigenvalue weighted by molar-refractivity contribution is 5.45. The van der Waals surface area contributed by atoms with E-state index in [0.717, 1.165) is 37.2 Å². The quantitative estimate of drug-likeness (QED) is 0.495. The first-order chi connectivity index (χ1) is 13.9. The summed E-state index contributed by atoms with van der Waals surface area (Å²) in [6.07, 6.45) is 6.39. The number of allylic oxidation sites excluding steroid dienone is 1. The summed E-state index contributed by atoms with van der Waals surface area (Å²) < 4.78 is 41.1. The number of alkyl halides is 3. The first-order valence-corrected chi connectivity index (χ1v) is 10.5. The minimum atomic E-state index is -4.64. The minimum absolute atomic E-state index is 0.155. The molecule has 0 aromatic heterocycles. The van der Waals surface area contributed by atoms with Crippen molar-refractivity contribution in [2.45, 2.75) is 63.6 Å². The average Bonchev–Trinajstić information content (AvgIpc) is 2.71. The van der Waals surface area contributed by atoms with Gasteiger partial charge in [0.05, 0.1) is 0 Å². The number of hydrogen-bond acceptors (Lipinski definition) is 1. The van der Waals surface area contributed by atoms with E-state index in [0.29, 0.717) is 5.92 Å². The van der Waals surface area contributed by atoms with Crippen molar-refractivity contribution < 1.29 is 17.9 Å². The molecule has 0 saturated heterocycles. The summed E-state index contributed by atoms with van der Waals surface area (Å²) in [7, 11) is 0. The summed E-state index contributed by atoms with van der Waals surface area (Å²) >= 11 is 0. The summed E-state index contributed by atoms with van der Waals surface area (Å²) in [5, 5.41) is 0. The molecule has 2 atom stereocenters. The largest absolute Gasteiger partial charge is 0.573 e. The summed E-state index contributed by atoms with van der Waals surface area (Å²) in [6, 6.07) is 11.0. The van der Waals surface area contributed by atoms with Crippen LogP contribution in [0.4, 0.5) is 13.2 Å². The summed E-state index contributed by atoms with van der Waals surface area (Å²) in [4.78, 5) is 0. The predicted molar refractivity (Wildman–Crippen MR) is 109 cm³/mol. The van der Waals surface area contributed by atoms with E-state index >= 15 is 0 Å². The maximum absolute atomic E-state index is 12.4. The molecule has 0 saturated carbocycles. The van der Waals surface area contributed by atoms with Gasteiger partial charge in [-0.25, -0.2) is 0 Å². The lowest BCUT2D eigenvalue weighted by atomic mass is 9.73. The molecule has 2 aromatic rings. The molecule has 0 aliphatic heterocycles. The fraction of sp³-hybridized carbons (Fsp3) is 0.440. The van der Waals surface area contributed by atoms with Crippen LogP contribution in [0.1, 0.15) is 59.4 Å². The number of fused-ring (bicyclic) bond motifs is 3. The van der Waals surface area contributed by atoms with Gasteiger partial charge in [-0.05, 0) is 103 Å². The van der Waals surface area contributed by atoms with E-state index in [1.165, 1.54) is 54.5 Å². The zero-order chi connectivity index (χ0) is 20.4. The molecule has 2 unspecified atom stereocenters. The number of ether oxygens (including phenoxy) is 1. The molecular weight excluding hydrogens is 373 g/mol. The van der Waals surface area contributed by atoms with E-state index < -0.39 is 6.36 Å². The highest BCUT2D eigenvalue weighted by Crippen LogP contribution is 2.39. The summed E-state index contributed by atoms with van der Waals surface area (Å²) in [6.45, 7) is 3.84. The van der Waals surface area contributed by atoms with E-state index in [9.17, 15) is 13.2 Å². The summed E-state index contributed by atoms with van der Waals surface area (Å²) in [5.74, 6) is 0.967. The third-order valence-corrected chi connectivity index (χ3v) is 6.51. The lowest BCUT2D eigenvalue weighted by Crippen LogP contribution is -2.20. The lowest BCUT2D eigenvalue weighted by molar-refractivity contribution is -0.274. The Hall–Kier alpha value is -2.23. The van der Waals surface area contributed by atoms with Crippen molar-refractivity contribution in [3.63, 3.8) is 0 Å². The normalized spacial score (nSPS) is 21.2. The predicted octanol–water partition coefficient (Wildman–Crippen LogP) is 6.93. The molecule has 4 heteroatoms. The maximum Gasteiger partial charge on any atom is 0.573 e. The molecule has 2 aliphatic carbocycles. The van der Waals surface area contributed by atoms with Crippen molar-refractivity contribution in [3.8, 4) is 5.75 Å². The van der Waals surface area contributed by atoms with Gasteiger partial charge in [0.15, 0.2) is 0 Å². The molecule has 0 bridgehead atoms. The highest BCUT2D eigenvalue weighted by atomic mass is 19.4. The van der Waals surface area contributed by atoms with E-state index in [2.05, 4.69) is 23.4 Å². The topological polar surface area (TPSA) is 9.23 Å². The monoisotopic (exact) mass is 400 g/mol. The van der Waals surface area contributed by atoms with Crippen molar-refractivity contribution in [1.82, 2.24) is 0 Å². The number of benzene rings is 2. The van der Waals surface area contributed by atoms with E-state index in [1.54, 1.807) is 17.7 Å². The van der Waals surface area contributed by atoms with Crippen LogP contribution in [0, 0.1) is 5.92 Å². The molecule has 29 heavy (non-hydrogen) atoms. The standard InChI is InChI=1S/C25H27F3O/c1-2-3-4-17-5-13-23-20(15-17)6-7-21-16-19(10-14-24(21)23)18-8-11-22(12-9-18)29-25(26,27)28/h2,6-9,11-12,17,19H,1,3-5,10,13-16H2. The number of rotatable bonds is 5. The minimum Gasteiger partial charge on any atom is -0.406 e. The molecule has 0 fully saturated rings. The third kappa shape index (κ3) is 4.68. The Bertz CT molecular complexity index is 867. The Morgan fingerprint density at radius 1 is 0.931 bits per heavy atom. The van der Waals surface area contributed by atoms with Crippen LogP contribution in [-0.2, 0) is 25.7 Å². The molecule has 0 amide bonds. The maximum atomic E-state index is 12.4. The second kappa shape index (κ2) is 8.25. The van der Waals surface area contributed by atoms with E-state index in [4.69, 9.17) is 0 Å². The average molecular weight is 400 g/mol. The number of hydrogen-bond donors (Lipinski definition) is 0. The van der Waals surface area contributed by atoms with E-state index in [-0.39, 0.29) is 5.75 Å². The summed E-state index contributed by atoms with van der Waals surface area (Å²) in [5.41, 5.74) is 7.14. The molecule has 154 valence electrons. The van der Waals surface area contributed by atoms with Gasteiger partial charge in [0, 0.05) is 0 Å². The van der Waals surface area contributed by atoms with Gasteiger partial charge >= 0.3 is 6.36 Å². The molecule has 0 heterocycles. The zero-order valence-electron chi connectivity index (χ0n) is 16.6. The molecule has 2 aromatic carbocycles. The Morgan fingerprint density at radius 2 is 1.59 bits per heavy atom. The SMILES string of the molecule is C=CCCC1CCc2c(ccc3c2CCC(c2ccc(OC(F)(F)F)cc2)C3)C1. The lowest BCUT2D eigenvalue weighted by Gasteiger charge is -2.32. The van der Waals surface area contributed by atoms with Crippen molar-refractivity contribution in [1.29, 1.82) is 0 Å². The van der Waals surface area contributed by atoms with Crippen molar-refractivity contribution in [2.24, 2.45) is 5.92 Å². The second-order valence-electron chi connectivity index (χ2n) is 8.37. The van der Waals surface area contributed by atoms with Crippen molar-refractivity contribution >= 4 is 0 Å². The van der Waals surface area contributed by atoms with Crippen LogP contribution in [0.25, 0.3) is 0 Å². The van der Waals surface area contributed by atoms with Crippen LogP contribution in [-0.4, -0.2) is 6.36 Å². The van der Waals surface area contributed by atoms with Crippen LogP contribution in [0.2, 0.25) is 0 Å². The van der Waals surface area contributed by atoms with Gasteiger partial charge in [-0.1, -0.05) is 30.3 Å². The smallest absolute Gasteiger partial charge is 0.406 e. The fourth-order valence-corrected chi connectivity index (χ4v) is 5.07. The van der Waals surface area contributed by atoms with Crippen LogP contribution < -0.4 is 4.74 Å². The Morgan fingerprint density at radius 3 is 2.24 bits per heavy atom. The van der Waals surface area contributed by atoms with Crippen molar-refractivity contribution in [2.75, 3.05) is 0 Å². The molecule has 2 aliphatic rings. The van der Waals surface area contributed by atoms with Crippen molar-refractivity contribution in [3.05, 3.63) is 76.9 Å². The van der Waals surface area contributed by atoms with Gasteiger partial charge in [-0.3, -0.25) is 0 Å². The molecule has 0 N–H and O–H groups in total. The Kier molecular flexibility index (Phi) is 5.71. The van der Waals surface area contributed by atoms with Gasteiger partial charge < -0.3 is 4.74 Å². The second-order valence-corrected chi connectivity index (χ2v) is 8.37. The van der Waals surface area contributed by atoms with Crippen LogP contribution in [0.5, 0.6) is 5.75 Å². The van der Waals surface area contributed by atoms with Gasteiger partial charge in [-0.15, -0.1) is 19.8 Å². The van der Waals surface area contributed by atoms with Crippen LogP contribution >= 0.6 is 0 Å². The molecule has 0 radical (unpaired) electrons. The molecule has 4 rings (SSSR count). The zero-order valence-corrected chi connectivity index (χ0v) is 16.6. The number of halogens is 3. The van der Waals surface area contributed by atoms with Gasteiger partial charge in [0.1, 0.15) is 5.75 Å². The first kappa shape index (κ1) is 20.1. The third-order valence-electron chi connectivity index (χ3n) is 6.51. The van der Waals surface area contributed by atoms with Gasteiger partial charge in [0.2, 0.25) is 0 Å². The first-order valence-electron chi connectivity index (χ1n) is 10.5. The highest BCUT2D eigenvalue weighted by Gasteiger charge is 2.31. The van der Waals surface area contributed by atoms with Gasteiger partial charge in [0.25, 0.3) is 0 Å². The van der Waals surface area contributed by atoms with Crippen LogP contribution in [0.15, 0.2) is 49.1 Å². The molecule has 1 nitrogen and oxygen atoms in total. The van der Waals surface area contributed by atoms with E-state index in [1.807, 2.05) is 6.08 Å². The fourth-order valence-electron chi connectivity index (χ4n) is 5.07. The molecule has 0 spiro atoms. The molecular formula is C25H27F3O. The van der Waals surface area contributed by atoms with Gasteiger partial charge in [-0.2, -0.15) is 0 Å². The van der Waals surface area contributed by atoms with Crippen LogP contribution in [0.3, 0.4) is 0 Å². The Labute approximate surface area is 170 Å². The Balaban J connectivity index is 1.46.